The lowest BCUT2D eigenvalue weighted by atomic mass is 9.99. The first-order chi connectivity index (χ1) is 9.76. The summed E-state index contributed by atoms with van der Waals surface area (Å²) in [6.45, 7) is 5.24. The molecule has 1 atom stereocenters. The van der Waals surface area contributed by atoms with Crippen LogP contribution in [0, 0.1) is 17.2 Å². The second-order valence-corrected chi connectivity index (χ2v) is 5.24. The maximum atomic E-state index is 9.42. The molecule has 1 fully saturated rings. The molecule has 0 radical (unpaired) electrons. The zero-order chi connectivity index (χ0) is 14.4. The van der Waals surface area contributed by atoms with Crippen LogP contribution in [0.1, 0.15) is 30.9 Å². The van der Waals surface area contributed by atoms with Gasteiger partial charge in [-0.2, -0.15) is 5.26 Å². The van der Waals surface area contributed by atoms with Crippen LogP contribution < -0.4 is 4.74 Å². The zero-order valence-electron chi connectivity index (χ0n) is 12.0. The van der Waals surface area contributed by atoms with Crippen LogP contribution in [0.25, 0.3) is 0 Å². The number of aliphatic hydroxyl groups excluding tert-OH is 1. The monoisotopic (exact) mass is 274 g/mol. The van der Waals surface area contributed by atoms with Crippen molar-refractivity contribution in [3.8, 4) is 11.8 Å². The van der Waals surface area contributed by atoms with Gasteiger partial charge in [-0.05, 0) is 44.0 Å². The molecular weight excluding hydrogens is 252 g/mol. The highest BCUT2D eigenvalue weighted by Gasteiger charge is 2.19. The van der Waals surface area contributed by atoms with Crippen LogP contribution in [-0.4, -0.2) is 29.7 Å². The molecule has 0 aliphatic carbocycles. The van der Waals surface area contributed by atoms with Crippen LogP contribution in [0.5, 0.6) is 5.75 Å². The van der Waals surface area contributed by atoms with Crippen LogP contribution in [0.4, 0.5) is 0 Å². The lowest BCUT2D eigenvalue weighted by Gasteiger charge is -2.29. The quantitative estimate of drug-likeness (QED) is 0.895. The maximum Gasteiger partial charge on any atom is 0.124 e. The molecule has 108 valence electrons. The summed E-state index contributed by atoms with van der Waals surface area (Å²) in [7, 11) is 0. The Hall–Kier alpha value is -1.57. The van der Waals surface area contributed by atoms with E-state index in [1.54, 1.807) is 0 Å². The third kappa shape index (κ3) is 3.72. The molecule has 1 aliphatic rings. The van der Waals surface area contributed by atoms with Crippen LogP contribution >= 0.6 is 0 Å². The lowest BCUT2D eigenvalue weighted by Crippen LogP contribution is -2.34. The second kappa shape index (κ2) is 7.28. The van der Waals surface area contributed by atoms with Crippen molar-refractivity contribution in [2.75, 3.05) is 19.7 Å². The van der Waals surface area contributed by atoms with Gasteiger partial charge in [-0.15, -0.1) is 0 Å². The molecule has 4 nitrogen and oxygen atoms in total. The summed E-state index contributed by atoms with van der Waals surface area (Å²) in [6, 6.07) is 8.34. The van der Waals surface area contributed by atoms with E-state index < -0.39 is 0 Å². The number of piperidine rings is 1. The minimum absolute atomic E-state index is 0.00993. The summed E-state index contributed by atoms with van der Waals surface area (Å²) in [5.41, 5.74) is 1.99. The Bertz CT molecular complexity index is 482. The van der Waals surface area contributed by atoms with Crippen molar-refractivity contribution in [2.24, 2.45) is 5.92 Å². The van der Waals surface area contributed by atoms with E-state index in [0.717, 1.165) is 49.4 Å². The molecule has 0 saturated carbocycles. The number of nitrogens with zero attached hydrogens (tertiary/aromatic N) is 2. The first-order valence-corrected chi connectivity index (χ1v) is 7.24. The SMILES string of the molecule is CCOc1ccc(CN2CCC[C@H](C#N)C2)cc1CO. The second-order valence-electron chi connectivity index (χ2n) is 5.24. The van der Waals surface area contributed by atoms with Gasteiger partial charge in [0.1, 0.15) is 5.75 Å². The van der Waals surface area contributed by atoms with Crippen LogP contribution in [0.2, 0.25) is 0 Å². The number of nitriles is 1. The largest absolute Gasteiger partial charge is 0.494 e. The van der Waals surface area contributed by atoms with Gasteiger partial charge in [0.15, 0.2) is 0 Å². The minimum Gasteiger partial charge on any atom is -0.494 e. The fraction of sp³-hybridized carbons (Fsp3) is 0.562. The van der Waals surface area contributed by atoms with Crippen molar-refractivity contribution < 1.29 is 9.84 Å². The molecule has 0 amide bonds. The summed E-state index contributed by atoms with van der Waals surface area (Å²) < 4.78 is 5.49. The first-order valence-electron chi connectivity index (χ1n) is 7.24. The predicted molar refractivity (Wildman–Crippen MR) is 77.1 cm³/mol. The van der Waals surface area contributed by atoms with Crippen LogP contribution in [0.3, 0.4) is 0 Å². The van der Waals surface area contributed by atoms with E-state index in [0.29, 0.717) is 6.61 Å². The lowest BCUT2D eigenvalue weighted by molar-refractivity contribution is 0.192. The van der Waals surface area contributed by atoms with Gasteiger partial charge in [-0.3, -0.25) is 4.90 Å². The highest BCUT2D eigenvalue weighted by atomic mass is 16.5. The normalized spacial score (nSPS) is 19.6. The molecule has 20 heavy (non-hydrogen) atoms. The number of hydrogen-bond acceptors (Lipinski definition) is 4. The molecule has 1 N–H and O–H groups in total. The average molecular weight is 274 g/mol. The number of hydrogen-bond donors (Lipinski definition) is 1. The number of aliphatic hydroxyl groups is 1. The number of likely N-dealkylation sites (tertiary alicyclic amines) is 1. The van der Waals surface area contributed by atoms with Crippen molar-refractivity contribution in [1.82, 2.24) is 4.90 Å². The molecule has 0 bridgehead atoms. The van der Waals surface area contributed by atoms with E-state index in [1.165, 1.54) is 0 Å². The van der Waals surface area contributed by atoms with Crippen molar-refractivity contribution in [1.29, 1.82) is 5.26 Å². The van der Waals surface area contributed by atoms with Crippen molar-refractivity contribution in [3.05, 3.63) is 29.3 Å². The third-order valence-electron chi connectivity index (χ3n) is 3.69. The third-order valence-corrected chi connectivity index (χ3v) is 3.69. The van der Waals surface area contributed by atoms with Gasteiger partial charge < -0.3 is 9.84 Å². The average Bonchev–Trinajstić information content (AvgIpc) is 2.49. The Morgan fingerprint density at radius 3 is 3.05 bits per heavy atom. The molecule has 1 aromatic carbocycles. The Kier molecular flexibility index (Phi) is 5.40. The van der Waals surface area contributed by atoms with Gasteiger partial charge in [0.25, 0.3) is 0 Å². The molecule has 0 aromatic heterocycles. The summed E-state index contributed by atoms with van der Waals surface area (Å²) in [6.07, 6.45) is 2.10. The first kappa shape index (κ1) is 14.8. The summed E-state index contributed by atoms with van der Waals surface area (Å²) >= 11 is 0. The van der Waals surface area contributed by atoms with Crippen molar-refractivity contribution >= 4 is 0 Å². The van der Waals surface area contributed by atoms with E-state index >= 15 is 0 Å². The topological polar surface area (TPSA) is 56.5 Å². The van der Waals surface area contributed by atoms with Gasteiger partial charge in [-0.1, -0.05) is 6.07 Å². The van der Waals surface area contributed by atoms with Gasteiger partial charge in [0.2, 0.25) is 0 Å². The molecule has 0 unspecified atom stereocenters. The molecule has 1 heterocycles. The maximum absolute atomic E-state index is 9.42. The van der Waals surface area contributed by atoms with Crippen molar-refractivity contribution in [2.45, 2.75) is 32.9 Å². The zero-order valence-corrected chi connectivity index (χ0v) is 12.0. The molecule has 0 spiro atoms. The highest BCUT2D eigenvalue weighted by Crippen LogP contribution is 2.23. The van der Waals surface area contributed by atoms with E-state index in [-0.39, 0.29) is 12.5 Å². The van der Waals surface area contributed by atoms with E-state index in [1.807, 2.05) is 25.1 Å². The summed E-state index contributed by atoms with van der Waals surface area (Å²) in [5, 5.41) is 18.4. The fourth-order valence-electron chi connectivity index (χ4n) is 2.71. The van der Waals surface area contributed by atoms with Crippen LogP contribution in [-0.2, 0) is 13.2 Å². The molecule has 4 heteroatoms. The van der Waals surface area contributed by atoms with Gasteiger partial charge in [-0.25, -0.2) is 0 Å². The van der Waals surface area contributed by atoms with Crippen molar-refractivity contribution in [3.63, 3.8) is 0 Å². The van der Waals surface area contributed by atoms with Crippen LogP contribution in [0.15, 0.2) is 18.2 Å². The van der Waals surface area contributed by atoms with Gasteiger partial charge in [0, 0.05) is 18.7 Å². The standard InChI is InChI=1S/C16H22N2O2/c1-2-20-16-6-5-13(8-15(16)12-19)10-18-7-3-4-14(9-17)11-18/h5-6,8,14,19H,2-4,7,10-12H2,1H3/t14-/m1/s1. The van der Waals surface area contributed by atoms with Gasteiger partial charge >= 0.3 is 0 Å². The number of benzene rings is 1. The van der Waals surface area contributed by atoms with E-state index in [4.69, 9.17) is 10.00 Å². The molecule has 1 aromatic rings. The number of ether oxygens (including phenoxy) is 1. The smallest absolute Gasteiger partial charge is 0.124 e. The summed E-state index contributed by atoms with van der Waals surface area (Å²) in [5.74, 6) is 0.913. The van der Waals surface area contributed by atoms with E-state index in [9.17, 15) is 5.11 Å². The highest BCUT2D eigenvalue weighted by molar-refractivity contribution is 5.37. The predicted octanol–water partition coefficient (Wildman–Crippen LogP) is 2.31. The Morgan fingerprint density at radius 1 is 1.50 bits per heavy atom. The summed E-state index contributed by atoms with van der Waals surface area (Å²) in [4.78, 5) is 2.31. The Morgan fingerprint density at radius 2 is 2.35 bits per heavy atom. The fourth-order valence-corrected chi connectivity index (χ4v) is 2.71. The van der Waals surface area contributed by atoms with Gasteiger partial charge in [0.05, 0.1) is 25.2 Å². The number of rotatable bonds is 5. The Balaban J connectivity index is 2.04. The molecule has 1 saturated heterocycles. The molecular formula is C16H22N2O2. The Labute approximate surface area is 120 Å². The molecule has 2 rings (SSSR count). The minimum atomic E-state index is -0.00993. The molecule has 1 aliphatic heterocycles. The van der Waals surface area contributed by atoms with E-state index in [2.05, 4.69) is 11.0 Å².